The zero-order chi connectivity index (χ0) is 9.97. The van der Waals surface area contributed by atoms with Crippen LogP contribution in [-0.4, -0.2) is 28.9 Å². The predicted molar refractivity (Wildman–Crippen MR) is 55.3 cm³/mol. The summed E-state index contributed by atoms with van der Waals surface area (Å²) in [6, 6.07) is 0. The highest BCUT2D eigenvalue weighted by atomic mass is 79.9. The number of nitrogens with one attached hydrogen (secondary N) is 2. The summed E-state index contributed by atoms with van der Waals surface area (Å²) in [5.41, 5.74) is 2.67. The van der Waals surface area contributed by atoms with Gasteiger partial charge in [-0.1, -0.05) is 0 Å². The molecule has 0 spiro atoms. The summed E-state index contributed by atoms with van der Waals surface area (Å²) in [6.45, 7) is 1.88. The van der Waals surface area contributed by atoms with E-state index in [1.54, 1.807) is 12.4 Å². The van der Waals surface area contributed by atoms with Gasteiger partial charge in [0, 0.05) is 6.42 Å². The Kier molecular flexibility index (Phi) is 2.83. The molecule has 2 rings (SSSR count). The minimum Gasteiger partial charge on any atom is -0.316 e. The lowest BCUT2D eigenvalue weighted by molar-refractivity contribution is -0.118. The molecule has 1 aliphatic heterocycles. The normalized spacial score (nSPS) is 16.4. The first-order valence-corrected chi connectivity index (χ1v) is 5.24. The van der Waals surface area contributed by atoms with Gasteiger partial charge in [-0.05, 0) is 34.9 Å². The topological polar surface area (TPSA) is 59.0 Å². The molecule has 0 saturated carbocycles. The fourth-order valence-electron chi connectivity index (χ4n) is 1.29. The molecule has 0 aliphatic carbocycles. The van der Waals surface area contributed by atoms with E-state index in [-0.39, 0.29) is 5.91 Å². The van der Waals surface area contributed by atoms with Crippen LogP contribution in [0.2, 0.25) is 0 Å². The van der Waals surface area contributed by atoms with Crippen LogP contribution in [-0.2, 0) is 4.79 Å². The second kappa shape index (κ2) is 4.10. The van der Waals surface area contributed by atoms with Gasteiger partial charge in [-0.15, -0.1) is 0 Å². The van der Waals surface area contributed by atoms with Crippen LogP contribution in [0.5, 0.6) is 0 Å². The van der Waals surface area contributed by atoms with E-state index in [0.29, 0.717) is 12.3 Å². The second-order valence-electron chi connectivity index (χ2n) is 3.37. The largest absolute Gasteiger partial charge is 0.316 e. The lowest BCUT2D eigenvalue weighted by atomic mass is 9.99. The first-order valence-electron chi connectivity index (χ1n) is 4.45. The van der Waals surface area contributed by atoms with Crippen molar-refractivity contribution < 1.29 is 4.79 Å². The van der Waals surface area contributed by atoms with E-state index in [4.69, 9.17) is 0 Å². The standard InChI is InChI=1S/C8H11BrN4O/c9-7-4-11-13(5-7)12-8(14)1-6-2-10-3-6/h4-6,10H,1-3H2,(H,12,14). The Morgan fingerprint density at radius 3 is 3.07 bits per heavy atom. The van der Waals surface area contributed by atoms with Crippen LogP contribution in [0.25, 0.3) is 0 Å². The molecule has 1 aromatic rings. The van der Waals surface area contributed by atoms with Crippen LogP contribution in [0.4, 0.5) is 0 Å². The molecular weight excluding hydrogens is 248 g/mol. The summed E-state index contributed by atoms with van der Waals surface area (Å²) in [4.78, 5) is 12.8. The number of rotatable bonds is 3. The van der Waals surface area contributed by atoms with Gasteiger partial charge in [-0.25, -0.2) is 5.43 Å². The first-order chi connectivity index (χ1) is 6.74. The summed E-state index contributed by atoms with van der Waals surface area (Å²) >= 11 is 3.25. The average Bonchev–Trinajstić information content (AvgIpc) is 2.44. The molecule has 0 aromatic carbocycles. The maximum Gasteiger partial charge on any atom is 0.240 e. The zero-order valence-corrected chi connectivity index (χ0v) is 9.12. The van der Waals surface area contributed by atoms with Crippen molar-refractivity contribution in [2.75, 3.05) is 18.5 Å². The van der Waals surface area contributed by atoms with E-state index in [0.717, 1.165) is 17.6 Å². The van der Waals surface area contributed by atoms with Gasteiger partial charge in [0.25, 0.3) is 0 Å². The van der Waals surface area contributed by atoms with Gasteiger partial charge in [0.1, 0.15) is 0 Å². The van der Waals surface area contributed by atoms with Crippen LogP contribution >= 0.6 is 15.9 Å². The molecule has 76 valence electrons. The van der Waals surface area contributed by atoms with E-state index in [1.807, 2.05) is 0 Å². The van der Waals surface area contributed by atoms with Crippen LogP contribution in [0.3, 0.4) is 0 Å². The monoisotopic (exact) mass is 258 g/mol. The Labute approximate surface area is 90.0 Å². The van der Waals surface area contributed by atoms with Gasteiger partial charge in [-0.3, -0.25) is 4.79 Å². The Hall–Kier alpha value is -0.880. The fraction of sp³-hybridized carbons (Fsp3) is 0.500. The number of carbonyl (C=O) groups is 1. The lowest BCUT2D eigenvalue weighted by Crippen LogP contribution is -2.44. The third kappa shape index (κ3) is 2.33. The van der Waals surface area contributed by atoms with Gasteiger partial charge in [0.15, 0.2) is 0 Å². The molecule has 1 fully saturated rings. The molecule has 0 unspecified atom stereocenters. The molecule has 14 heavy (non-hydrogen) atoms. The maximum atomic E-state index is 11.4. The molecule has 1 saturated heterocycles. The summed E-state index contributed by atoms with van der Waals surface area (Å²) in [6.07, 6.45) is 3.90. The third-order valence-electron chi connectivity index (χ3n) is 2.13. The van der Waals surface area contributed by atoms with E-state index >= 15 is 0 Å². The van der Waals surface area contributed by atoms with Gasteiger partial charge < -0.3 is 5.32 Å². The van der Waals surface area contributed by atoms with Gasteiger partial charge in [-0.2, -0.15) is 9.89 Å². The van der Waals surface area contributed by atoms with Crippen LogP contribution in [0.1, 0.15) is 6.42 Å². The van der Waals surface area contributed by atoms with E-state index in [1.165, 1.54) is 4.79 Å². The molecule has 5 nitrogen and oxygen atoms in total. The first kappa shape index (κ1) is 9.67. The lowest BCUT2D eigenvalue weighted by Gasteiger charge is -2.26. The van der Waals surface area contributed by atoms with Crippen LogP contribution in [0, 0.1) is 5.92 Å². The summed E-state index contributed by atoms with van der Waals surface area (Å²) in [5.74, 6) is 0.487. The third-order valence-corrected chi connectivity index (χ3v) is 2.54. The van der Waals surface area contributed by atoms with Gasteiger partial charge >= 0.3 is 0 Å². The number of hydrogen-bond acceptors (Lipinski definition) is 3. The quantitative estimate of drug-likeness (QED) is 0.822. The minimum absolute atomic E-state index is 0.00657. The summed E-state index contributed by atoms with van der Waals surface area (Å²) in [7, 11) is 0. The molecule has 2 heterocycles. The number of hydrogen-bond donors (Lipinski definition) is 2. The minimum atomic E-state index is 0.00657. The van der Waals surface area contributed by atoms with Crippen molar-refractivity contribution in [3.63, 3.8) is 0 Å². The van der Waals surface area contributed by atoms with Crippen molar-refractivity contribution in [2.45, 2.75) is 6.42 Å². The number of halogens is 1. The molecule has 0 bridgehead atoms. The van der Waals surface area contributed by atoms with Crippen molar-refractivity contribution in [2.24, 2.45) is 5.92 Å². The SMILES string of the molecule is O=C(CC1CNC1)Nn1cc(Br)cn1. The average molecular weight is 259 g/mol. The summed E-state index contributed by atoms with van der Waals surface area (Å²) in [5, 5.41) is 7.05. The molecule has 6 heteroatoms. The maximum absolute atomic E-state index is 11.4. The molecule has 2 N–H and O–H groups in total. The van der Waals surface area contributed by atoms with Crippen molar-refractivity contribution in [3.8, 4) is 0 Å². The Morgan fingerprint density at radius 1 is 1.79 bits per heavy atom. The van der Waals surface area contributed by atoms with Crippen LogP contribution in [0.15, 0.2) is 16.9 Å². The van der Waals surface area contributed by atoms with Gasteiger partial charge in [0.05, 0.1) is 16.9 Å². The van der Waals surface area contributed by atoms with E-state index in [2.05, 4.69) is 31.8 Å². The highest BCUT2D eigenvalue weighted by molar-refractivity contribution is 9.10. The molecule has 1 aliphatic rings. The van der Waals surface area contributed by atoms with Gasteiger partial charge in [0.2, 0.25) is 5.91 Å². The van der Waals surface area contributed by atoms with E-state index in [9.17, 15) is 4.79 Å². The predicted octanol–water partition coefficient (Wildman–Crippen LogP) is 0.325. The Morgan fingerprint density at radius 2 is 2.57 bits per heavy atom. The zero-order valence-electron chi connectivity index (χ0n) is 7.53. The summed E-state index contributed by atoms with van der Waals surface area (Å²) < 4.78 is 0.850. The number of carbonyl (C=O) groups excluding carboxylic acids is 1. The molecule has 1 aromatic heterocycles. The fourth-order valence-corrected chi connectivity index (χ4v) is 1.58. The highest BCUT2D eigenvalue weighted by Gasteiger charge is 2.20. The second-order valence-corrected chi connectivity index (χ2v) is 4.28. The Balaban J connectivity index is 1.81. The Bertz CT molecular complexity index is 334. The van der Waals surface area contributed by atoms with Crippen molar-refractivity contribution in [1.82, 2.24) is 15.2 Å². The van der Waals surface area contributed by atoms with Crippen molar-refractivity contribution in [3.05, 3.63) is 16.9 Å². The number of nitrogens with zero attached hydrogens (tertiary/aromatic N) is 2. The highest BCUT2D eigenvalue weighted by Crippen LogP contribution is 2.08. The molecule has 0 radical (unpaired) electrons. The molecule has 1 amide bonds. The van der Waals surface area contributed by atoms with E-state index < -0.39 is 0 Å². The molecular formula is C8H11BrN4O. The number of aromatic nitrogens is 2. The van der Waals surface area contributed by atoms with Crippen LogP contribution < -0.4 is 10.7 Å². The smallest absolute Gasteiger partial charge is 0.240 e. The number of amides is 1. The molecule has 0 atom stereocenters. The van der Waals surface area contributed by atoms with Crippen molar-refractivity contribution >= 4 is 21.8 Å². The van der Waals surface area contributed by atoms with Crippen molar-refractivity contribution in [1.29, 1.82) is 0 Å².